The monoisotopic (exact) mass is 492 g/mol. The molecule has 6 nitrogen and oxygen atoms in total. The molecule has 0 bridgehead atoms. The van der Waals surface area contributed by atoms with Crippen molar-refractivity contribution in [2.24, 2.45) is 0 Å². The number of carbonyl (C=O) groups excluding carboxylic acids is 2. The van der Waals surface area contributed by atoms with Crippen LogP contribution < -0.4 is 14.8 Å². The summed E-state index contributed by atoms with van der Waals surface area (Å²) >= 11 is 2.16. The number of nitrogens with one attached hydrogen (secondary N) is 1. The fourth-order valence-electron chi connectivity index (χ4n) is 2.98. The maximum Gasteiger partial charge on any atom is 0.329 e. The highest BCUT2D eigenvalue weighted by molar-refractivity contribution is 14.1. The maximum absolute atomic E-state index is 12.7. The van der Waals surface area contributed by atoms with E-state index in [-0.39, 0.29) is 18.1 Å². The molecule has 0 aliphatic carbocycles. The van der Waals surface area contributed by atoms with E-state index in [2.05, 4.69) is 27.9 Å². The minimum Gasteiger partial charge on any atom is -0.493 e. The molecule has 1 N–H and O–H groups in total. The number of imide groups is 1. The first-order valence-electron chi connectivity index (χ1n) is 8.83. The number of rotatable bonds is 6. The Balaban J connectivity index is 1.86. The molecule has 2 aromatic rings. The zero-order valence-electron chi connectivity index (χ0n) is 15.9. The Morgan fingerprint density at radius 2 is 2.00 bits per heavy atom. The van der Waals surface area contributed by atoms with Crippen LogP contribution in [0.1, 0.15) is 23.6 Å². The number of benzene rings is 2. The molecule has 1 aliphatic heterocycles. The first-order valence-corrected chi connectivity index (χ1v) is 9.91. The van der Waals surface area contributed by atoms with Crippen LogP contribution in [0.15, 0.2) is 42.1 Å². The molecule has 1 aliphatic rings. The third kappa shape index (κ3) is 4.30. The van der Waals surface area contributed by atoms with Gasteiger partial charge in [0.05, 0.1) is 23.8 Å². The molecule has 1 saturated heterocycles. The van der Waals surface area contributed by atoms with E-state index in [0.29, 0.717) is 18.1 Å². The minimum atomic E-state index is -0.426. The summed E-state index contributed by atoms with van der Waals surface area (Å²) in [6, 6.07) is 11.0. The molecule has 1 heterocycles. The van der Waals surface area contributed by atoms with E-state index in [1.54, 1.807) is 19.3 Å². The van der Waals surface area contributed by atoms with Crippen molar-refractivity contribution in [3.8, 4) is 11.5 Å². The number of methoxy groups -OCH3 is 1. The van der Waals surface area contributed by atoms with Gasteiger partial charge in [-0.25, -0.2) is 4.79 Å². The van der Waals surface area contributed by atoms with Gasteiger partial charge in [0, 0.05) is 0 Å². The van der Waals surface area contributed by atoms with E-state index in [9.17, 15) is 9.59 Å². The fraction of sp³-hybridized carbons (Fsp3) is 0.238. The lowest BCUT2D eigenvalue weighted by molar-refractivity contribution is -0.123. The summed E-state index contributed by atoms with van der Waals surface area (Å²) in [6.45, 7) is 4.63. The van der Waals surface area contributed by atoms with Gasteiger partial charge in [0.15, 0.2) is 11.5 Å². The highest BCUT2D eigenvalue weighted by Gasteiger charge is 2.33. The van der Waals surface area contributed by atoms with Crippen molar-refractivity contribution in [1.29, 1.82) is 0 Å². The molecule has 7 heteroatoms. The van der Waals surface area contributed by atoms with E-state index in [1.165, 1.54) is 4.90 Å². The lowest BCUT2D eigenvalue weighted by atomic mass is 10.1. The molecular formula is C21H21IN2O4. The minimum absolute atomic E-state index is 0.230. The molecule has 0 atom stereocenters. The zero-order chi connectivity index (χ0) is 20.3. The lowest BCUT2D eigenvalue weighted by Crippen LogP contribution is -2.30. The summed E-state index contributed by atoms with van der Waals surface area (Å²) in [4.78, 5) is 26.3. The number of amides is 3. The quantitative estimate of drug-likeness (QED) is 0.375. The number of urea groups is 1. The third-order valence-electron chi connectivity index (χ3n) is 4.24. The van der Waals surface area contributed by atoms with Crippen molar-refractivity contribution in [3.05, 3.63) is 62.4 Å². The third-order valence-corrected chi connectivity index (χ3v) is 5.04. The average Bonchev–Trinajstić information content (AvgIpc) is 2.91. The number of hydrogen-bond donors (Lipinski definition) is 1. The summed E-state index contributed by atoms with van der Waals surface area (Å²) in [7, 11) is 1.57. The molecule has 3 amide bonds. The predicted octanol–water partition coefficient (Wildman–Crippen LogP) is 4.10. The van der Waals surface area contributed by atoms with Crippen molar-refractivity contribution >= 4 is 40.6 Å². The van der Waals surface area contributed by atoms with Gasteiger partial charge in [-0.3, -0.25) is 9.69 Å². The standard InChI is InChI=1S/C21H21IN2O4/c1-4-28-19-16(22)9-15(11-18(19)27-3)10-17-20(25)24(21(26)23-17)12-14-7-5-6-13(2)8-14/h5-11H,4,12H2,1-3H3,(H,23,26)/b17-10-. The topological polar surface area (TPSA) is 67.9 Å². The first kappa shape index (κ1) is 20.2. The van der Waals surface area contributed by atoms with E-state index in [4.69, 9.17) is 9.47 Å². The van der Waals surface area contributed by atoms with E-state index < -0.39 is 6.03 Å². The van der Waals surface area contributed by atoms with Crippen LogP contribution in [0.2, 0.25) is 0 Å². The van der Waals surface area contributed by atoms with Gasteiger partial charge >= 0.3 is 6.03 Å². The Bertz CT molecular complexity index is 955. The van der Waals surface area contributed by atoms with Crippen molar-refractivity contribution in [3.63, 3.8) is 0 Å². The Hall–Kier alpha value is -2.55. The van der Waals surface area contributed by atoms with Gasteiger partial charge in [-0.15, -0.1) is 0 Å². The van der Waals surface area contributed by atoms with E-state index >= 15 is 0 Å². The Morgan fingerprint density at radius 3 is 2.68 bits per heavy atom. The molecule has 0 saturated carbocycles. The summed E-state index contributed by atoms with van der Waals surface area (Å²) in [5.74, 6) is 0.888. The van der Waals surface area contributed by atoms with Crippen LogP contribution in [0, 0.1) is 10.5 Å². The summed E-state index contributed by atoms with van der Waals surface area (Å²) in [5, 5.41) is 2.66. The number of carbonyl (C=O) groups is 2. The Kier molecular flexibility index (Phi) is 6.23. The number of aryl methyl sites for hydroxylation is 1. The second-order valence-electron chi connectivity index (χ2n) is 6.34. The Morgan fingerprint density at radius 1 is 1.21 bits per heavy atom. The van der Waals surface area contributed by atoms with Crippen LogP contribution in [0.3, 0.4) is 0 Å². The molecule has 146 valence electrons. The molecule has 0 radical (unpaired) electrons. The normalized spacial score (nSPS) is 15.1. The van der Waals surface area contributed by atoms with Gasteiger partial charge in [0.25, 0.3) is 5.91 Å². The largest absolute Gasteiger partial charge is 0.493 e. The van der Waals surface area contributed by atoms with Crippen LogP contribution in [0.25, 0.3) is 6.08 Å². The number of nitrogens with zero attached hydrogens (tertiary/aromatic N) is 1. The van der Waals surface area contributed by atoms with Crippen LogP contribution in [0.5, 0.6) is 11.5 Å². The summed E-state index contributed by atoms with van der Waals surface area (Å²) < 4.78 is 11.9. The van der Waals surface area contributed by atoms with Crippen LogP contribution in [-0.4, -0.2) is 30.6 Å². The average molecular weight is 492 g/mol. The highest BCUT2D eigenvalue weighted by atomic mass is 127. The molecule has 28 heavy (non-hydrogen) atoms. The number of ether oxygens (including phenoxy) is 2. The molecule has 0 aromatic heterocycles. The van der Waals surface area contributed by atoms with Gasteiger partial charge in [-0.05, 0) is 65.8 Å². The highest BCUT2D eigenvalue weighted by Crippen LogP contribution is 2.34. The smallest absolute Gasteiger partial charge is 0.329 e. The number of hydrogen-bond acceptors (Lipinski definition) is 4. The summed E-state index contributed by atoms with van der Waals surface area (Å²) in [6.07, 6.45) is 1.65. The first-order chi connectivity index (χ1) is 13.4. The Labute approximate surface area is 177 Å². The predicted molar refractivity (Wildman–Crippen MR) is 115 cm³/mol. The molecule has 3 rings (SSSR count). The molecule has 0 spiro atoms. The maximum atomic E-state index is 12.7. The second-order valence-corrected chi connectivity index (χ2v) is 7.50. The van der Waals surface area contributed by atoms with E-state index in [0.717, 1.165) is 20.3 Å². The van der Waals surface area contributed by atoms with Crippen molar-refractivity contribution in [1.82, 2.24) is 10.2 Å². The van der Waals surface area contributed by atoms with Crippen molar-refractivity contribution in [2.45, 2.75) is 20.4 Å². The van der Waals surface area contributed by atoms with Gasteiger partial charge in [0.2, 0.25) is 0 Å². The van der Waals surface area contributed by atoms with Gasteiger partial charge in [-0.2, -0.15) is 0 Å². The zero-order valence-corrected chi connectivity index (χ0v) is 18.1. The van der Waals surface area contributed by atoms with Crippen LogP contribution in [0.4, 0.5) is 4.79 Å². The number of halogens is 1. The van der Waals surface area contributed by atoms with Crippen LogP contribution >= 0.6 is 22.6 Å². The van der Waals surface area contributed by atoms with Crippen LogP contribution in [-0.2, 0) is 11.3 Å². The SMILES string of the molecule is CCOc1c(I)cc(/C=C2\NC(=O)N(Cc3cccc(C)c3)C2=O)cc1OC. The van der Waals surface area contributed by atoms with E-state index in [1.807, 2.05) is 44.2 Å². The lowest BCUT2D eigenvalue weighted by Gasteiger charge is -2.13. The molecular weight excluding hydrogens is 471 g/mol. The van der Waals surface area contributed by atoms with Crippen molar-refractivity contribution < 1.29 is 19.1 Å². The molecule has 2 aromatic carbocycles. The fourth-order valence-corrected chi connectivity index (χ4v) is 3.76. The molecule has 0 unspecified atom stereocenters. The van der Waals surface area contributed by atoms with Gasteiger partial charge in [-0.1, -0.05) is 29.8 Å². The van der Waals surface area contributed by atoms with Gasteiger partial charge < -0.3 is 14.8 Å². The summed E-state index contributed by atoms with van der Waals surface area (Å²) in [5.41, 5.74) is 2.96. The molecule has 1 fully saturated rings. The van der Waals surface area contributed by atoms with Crippen molar-refractivity contribution in [2.75, 3.05) is 13.7 Å². The van der Waals surface area contributed by atoms with Gasteiger partial charge in [0.1, 0.15) is 5.70 Å². The second kappa shape index (κ2) is 8.64.